The van der Waals surface area contributed by atoms with Crippen LogP contribution < -0.4 is 11.1 Å². The third-order valence-corrected chi connectivity index (χ3v) is 3.21. The molecule has 0 saturated heterocycles. The Morgan fingerprint density at radius 1 is 1.42 bits per heavy atom. The number of thiocarbonyl (C=S) groups is 1. The second-order valence-electron chi connectivity index (χ2n) is 4.72. The van der Waals surface area contributed by atoms with Crippen LogP contribution in [0, 0.1) is 6.92 Å². The van der Waals surface area contributed by atoms with Crippen molar-refractivity contribution in [1.82, 2.24) is 0 Å². The van der Waals surface area contributed by atoms with Crippen LogP contribution in [0.4, 0.5) is 5.69 Å². The molecule has 100 valence electrons. The van der Waals surface area contributed by atoms with E-state index in [9.17, 15) is 0 Å². The minimum atomic E-state index is 0.293. The molecule has 19 heavy (non-hydrogen) atoms. The first-order valence-corrected chi connectivity index (χ1v) is 6.66. The van der Waals surface area contributed by atoms with E-state index >= 15 is 0 Å². The fourth-order valence-electron chi connectivity index (χ4n) is 2.10. The van der Waals surface area contributed by atoms with Crippen LogP contribution in [-0.4, -0.2) is 11.0 Å². The van der Waals surface area contributed by atoms with Crippen molar-refractivity contribution < 1.29 is 4.42 Å². The summed E-state index contributed by atoms with van der Waals surface area (Å²) in [6, 6.07) is 10.2. The number of hydrogen-bond acceptors (Lipinski definition) is 3. The predicted molar refractivity (Wildman–Crippen MR) is 82.6 cm³/mol. The van der Waals surface area contributed by atoms with E-state index < -0.39 is 0 Å². The summed E-state index contributed by atoms with van der Waals surface area (Å²) >= 11 is 5.00. The fraction of sp³-hybridized carbons (Fsp3) is 0.267. The third kappa shape index (κ3) is 3.58. The lowest BCUT2D eigenvalue weighted by molar-refractivity contribution is 0.498. The number of hydrogen-bond donors (Lipinski definition) is 2. The molecular formula is C15H18N2OS. The summed E-state index contributed by atoms with van der Waals surface area (Å²) < 4.78 is 5.34. The monoisotopic (exact) mass is 274 g/mol. The zero-order valence-electron chi connectivity index (χ0n) is 11.1. The molecule has 0 radical (unpaired) electrons. The van der Waals surface area contributed by atoms with Crippen molar-refractivity contribution in [1.29, 1.82) is 0 Å². The molecule has 2 rings (SSSR count). The van der Waals surface area contributed by atoms with E-state index in [2.05, 4.69) is 18.3 Å². The fourth-order valence-corrected chi connectivity index (χ4v) is 2.32. The Balaban J connectivity index is 2.03. The largest absolute Gasteiger partial charge is 0.469 e. The van der Waals surface area contributed by atoms with E-state index in [0.29, 0.717) is 11.0 Å². The van der Waals surface area contributed by atoms with Crippen molar-refractivity contribution in [2.24, 2.45) is 5.73 Å². The highest BCUT2D eigenvalue weighted by atomic mass is 32.1. The quantitative estimate of drug-likeness (QED) is 0.822. The summed E-state index contributed by atoms with van der Waals surface area (Å²) in [7, 11) is 0. The summed E-state index contributed by atoms with van der Waals surface area (Å²) in [5, 5.41) is 3.44. The molecule has 0 spiro atoms. The predicted octanol–water partition coefficient (Wildman–Crippen LogP) is 3.27. The molecule has 0 saturated carbocycles. The lowest BCUT2D eigenvalue weighted by Crippen LogP contribution is -2.18. The van der Waals surface area contributed by atoms with Crippen LogP contribution in [0.25, 0.3) is 0 Å². The molecule has 3 N–H and O–H groups in total. The average molecular weight is 274 g/mol. The maximum Gasteiger partial charge on any atom is 0.105 e. The van der Waals surface area contributed by atoms with Crippen LogP contribution in [0.3, 0.4) is 0 Å². The lowest BCUT2D eigenvalue weighted by Gasteiger charge is -2.15. The summed E-state index contributed by atoms with van der Waals surface area (Å²) in [6.07, 6.45) is 2.55. The number of anilines is 1. The first-order chi connectivity index (χ1) is 9.06. The SMILES string of the molecule is Cc1cc(NC(C)Cc2ccco2)ccc1C(N)=S. The highest BCUT2D eigenvalue weighted by molar-refractivity contribution is 7.80. The van der Waals surface area contributed by atoms with Gasteiger partial charge in [-0.1, -0.05) is 12.2 Å². The number of benzene rings is 1. The van der Waals surface area contributed by atoms with Gasteiger partial charge in [-0.3, -0.25) is 0 Å². The highest BCUT2D eigenvalue weighted by Gasteiger charge is 2.07. The van der Waals surface area contributed by atoms with Gasteiger partial charge >= 0.3 is 0 Å². The molecule has 0 aliphatic rings. The molecule has 0 amide bonds. The summed E-state index contributed by atoms with van der Waals surface area (Å²) in [4.78, 5) is 0.438. The van der Waals surface area contributed by atoms with Crippen molar-refractivity contribution in [3.05, 3.63) is 53.5 Å². The number of furan rings is 1. The molecule has 1 aromatic carbocycles. The number of rotatable bonds is 5. The van der Waals surface area contributed by atoms with Gasteiger partial charge in [0.05, 0.1) is 6.26 Å². The number of nitrogens with one attached hydrogen (secondary N) is 1. The molecule has 0 fully saturated rings. The molecule has 1 heterocycles. The Labute approximate surface area is 118 Å². The second kappa shape index (κ2) is 5.89. The lowest BCUT2D eigenvalue weighted by atomic mass is 10.1. The van der Waals surface area contributed by atoms with Gasteiger partial charge in [-0.2, -0.15) is 0 Å². The van der Waals surface area contributed by atoms with Crippen LogP contribution in [0.1, 0.15) is 23.8 Å². The standard InChI is InChI=1S/C15H18N2OS/c1-10-8-12(5-6-14(10)15(16)19)17-11(2)9-13-4-3-7-18-13/h3-8,11,17H,9H2,1-2H3,(H2,16,19). The highest BCUT2D eigenvalue weighted by Crippen LogP contribution is 2.17. The summed E-state index contributed by atoms with van der Waals surface area (Å²) in [5.41, 5.74) is 8.74. The molecule has 2 aromatic rings. The van der Waals surface area contributed by atoms with Crippen LogP contribution >= 0.6 is 12.2 Å². The zero-order valence-corrected chi connectivity index (χ0v) is 12.0. The van der Waals surface area contributed by atoms with Gasteiger partial charge in [0, 0.05) is 23.7 Å². The van der Waals surface area contributed by atoms with E-state index in [1.54, 1.807) is 6.26 Å². The molecule has 0 aliphatic carbocycles. The van der Waals surface area contributed by atoms with Crippen LogP contribution in [0.5, 0.6) is 0 Å². The smallest absolute Gasteiger partial charge is 0.105 e. The van der Waals surface area contributed by atoms with Gasteiger partial charge in [0.2, 0.25) is 0 Å². The maximum atomic E-state index is 5.65. The van der Waals surface area contributed by atoms with Gasteiger partial charge in [0.1, 0.15) is 10.7 Å². The Hall–Kier alpha value is -1.81. The second-order valence-corrected chi connectivity index (χ2v) is 5.16. The van der Waals surface area contributed by atoms with Gasteiger partial charge in [0.15, 0.2) is 0 Å². The molecule has 1 atom stereocenters. The van der Waals surface area contributed by atoms with Crippen molar-refractivity contribution >= 4 is 22.9 Å². The number of aryl methyl sites for hydroxylation is 1. The van der Waals surface area contributed by atoms with E-state index in [1.165, 1.54) is 0 Å². The Morgan fingerprint density at radius 2 is 2.21 bits per heavy atom. The van der Waals surface area contributed by atoms with Gasteiger partial charge in [-0.15, -0.1) is 0 Å². The van der Waals surface area contributed by atoms with Crippen LogP contribution in [0.2, 0.25) is 0 Å². The van der Waals surface area contributed by atoms with E-state index in [0.717, 1.165) is 29.0 Å². The molecule has 4 heteroatoms. The zero-order chi connectivity index (χ0) is 13.8. The van der Waals surface area contributed by atoms with Gasteiger partial charge < -0.3 is 15.5 Å². The van der Waals surface area contributed by atoms with Crippen molar-refractivity contribution in [2.75, 3.05) is 5.32 Å². The van der Waals surface area contributed by atoms with Gasteiger partial charge in [0.25, 0.3) is 0 Å². The van der Waals surface area contributed by atoms with E-state index in [1.807, 2.05) is 31.2 Å². The first-order valence-electron chi connectivity index (χ1n) is 6.25. The Bertz CT molecular complexity index is 564. The molecule has 3 nitrogen and oxygen atoms in total. The first kappa shape index (κ1) is 13.6. The van der Waals surface area contributed by atoms with Crippen LogP contribution in [-0.2, 0) is 6.42 Å². The molecule has 0 aliphatic heterocycles. The van der Waals surface area contributed by atoms with Crippen molar-refractivity contribution in [3.8, 4) is 0 Å². The van der Waals surface area contributed by atoms with Gasteiger partial charge in [-0.05, 0) is 49.7 Å². The number of nitrogens with two attached hydrogens (primary N) is 1. The summed E-state index contributed by atoms with van der Waals surface area (Å²) in [6.45, 7) is 4.14. The normalized spacial score (nSPS) is 12.1. The van der Waals surface area contributed by atoms with Crippen LogP contribution in [0.15, 0.2) is 41.0 Å². The van der Waals surface area contributed by atoms with E-state index in [4.69, 9.17) is 22.4 Å². The molecule has 0 bridgehead atoms. The minimum Gasteiger partial charge on any atom is -0.469 e. The Kier molecular flexibility index (Phi) is 4.22. The topological polar surface area (TPSA) is 51.2 Å². The van der Waals surface area contributed by atoms with Crippen molar-refractivity contribution in [3.63, 3.8) is 0 Å². The van der Waals surface area contributed by atoms with Gasteiger partial charge in [-0.25, -0.2) is 0 Å². The molecular weight excluding hydrogens is 256 g/mol. The molecule has 1 aromatic heterocycles. The molecule has 1 unspecified atom stereocenters. The third-order valence-electron chi connectivity index (χ3n) is 2.99. The van der Waals surface area contributed by atoms with E-state index in [-0.39, 0.29) is 0 Å². The Morgan fingerprint density at radius 3 is 2.79 bits per heavy atom. The van der Waals surface area contributed by atoms with Crippen molar-refractivity contribution in [2.45, 2.75) is 26.3 Å². The minimum absolute atomic E-state index is 0.293. The average Bonchev–Trinajstić information content (AvgIpc) is 2.81. The summed E-state index contributed by atoms with van der Waals surface area (Å²) in [5.74, 6) is 0.983. The maximum absolute atomic E-state index is 5.65.